The van der Waals surface area contributed by atoms with Crippen LogP contribution in [0, 0.1) is 11.7 Å². The standard InChI is InChI=1S/C26H35ClFN3O3/c27-22-16-24-21(15-23(22)28)26(30-34-24)18-8-11-31(12-9-18)10-7-17-3-5-19(6-4-17)29-25(32)14-20-2-1-13-33-20/h15-20H,1-14H2,(H,29,32). The maximum absolute atomic E-state index is 13.9. The molecule has 186 valence electrons. The largest absolute Gasteiger partial charge is 0.378 e. The third kappa shape index (κ3) is 5.74. The molecule has 1 aliphatic carbocycles. The molecule has 2 saturated heterocycles. The van der Waals surface area contributed by atoms with E-state index >= 15 is 0 Å². The average Bonchev–Trinajstić information content (AvgIpc) is 3.49. The number of aromatic nitrogens is 1. The van der Waals surface area contributed by atoms with Crippen molar-refractivity contribution in [2.75, 3.05) is 26.2 Å². The molecule has 8 heteroatoms. The summed E-state index contributed by atoms with van der Waals surface area (Å²) in [4.78, 5) is 14.8. The maximum atomic E-state index is 13.9. The van der Waals surface area contributed by atoms with Gasteiger partial charge in [0.05, 0.1) is 23.2 Å². The first-order valence-electron chi connectivity index (χ1n) is 12.9. The van der Waals surface area contributed by atoms with Crippen molar-refractivity contribution in [3.8, 4) is 0 Å². The van der Waals surface area contributed by atoms with Crippen LogP contribution in [-0.2, 0) is 9.53 Å². The molecule has 1 amide bonds. The van der Waals surface area contributed by atoms with E-state index in [1.54, 1.807) is 0 Å². The summed E-state index contributed by atoms with van der Waals surface area (Å²) in [7, 11) is 0. The lowest BCUT2D eigenvalue weighted by Crippen LogP contribution is -2.39. The van der Waals surface area contributed by atoms with Crippen molar-refractivity contribution in [1.82, 2.24) is 15.4 Å². The number of carbonyl (C=O) groups is 1. The highest BCUT2D eigenvalue weighted by Gasteiger charge is 2.28. The lowest BCUT2D eigenvalue weighted by molar-refractivity contribution is -0.124. The Morgan fingerprint density at radius 2 is 1.94 bits per heavy atom. The number of nitrogens with zero attached hydrogens (tertiary/aromatic N) is 2. The average molecular weight is 492 g/mol. The number of hydrogen-bond acceptors (Lipinski definition) is 5. The van der Waals surface area contributed by atoms with Crippen molar-refractivity contribution in [3.05, 3.63) is 28.7 Å². The molecular weight excluding hydrogens is 457 g/mol. The number of piperidine rings is 1. The SMILES string of the molecule is O=C(CC1CCCO1)NC1CCC(CCN2CCC(c3noc4cc(Cl)c(F)cc34)CC2)CC1. The van der Waals surface area contributed by atoms with Gasteiger partial charge in [-0.05, 0) is 89.4 Å². The monoisotopic (exact) mass is 491 g/mol. The van der Waals surface area contributed by atoms with E-state index in [1.165, 1.54) is 31.4 Å². The quantitative estimate of drug-likeness (QED) is 0.559. The third-order valence-electron chi connectivity index (χ3n) is 8.02. The molecule has 2 aliphatic heterocycles. The summed E-state index contributed by atoms with van der Waals surface area (Å²) in [5.41, 5.74) is 1.42. The minimum Gasteiger partial charge on any atom is -0.378 e. The summed E-state index contributed by atoms with van der Waals surface area (Å²) in [5.74, 6) is 0.778. The predicted octanol–water partition coefficient (Wildman–Crippen LogP) is 5.43. The van der Waals surface area contributed by atoms with Crippen LogP contribution >= 0.6 is 11.6 Å². The number of rotatable bonds is 7. The first kappa shape index (κ1) is 24.0. The number of benzene rings is 1. The summed E-state index contributed by atoms with van der Waals surface area (Å²) in [6.07, 6.45) is 10.5. The highest BCUT2D eigenvalue weighted by molar-refractivity contribution is 6.31. The van der Waals surface area contributed by atoms with Crippen molar-refractivity contribution in [2.45, 2.75) is 82.3 Å². The topological polar surface area (TPSA) is 67.6 Å². The summed E-state index contributed by atoms with van der Waals surface area (Å²) in [6, 6.07) is 3.30. The third-order valence-corrected chi connectivity index (χ3v) is 8.31. The summed E-state index contributed by atoms with van der Waals surface area (Å²) >= 11 is 5.87. The number of nitrogens with one attached hydrogen (secondary N) is 1. The zero-order valence-corrected chi connectivity index (χ0v) is 20.5. The van der Waals surface area contributed by atoms with E-state index in [0.29, 0.717) is 24.0 Å². The van der Waals surface area contributed by atoms with Crippen LogP contribution < -0.4 is 5.32 Å². The predicted molar refractivity (Wildman–Crippen MR) is 129 cm³/mol. The van der Waals surface area contributed by atoms with Crippen LogP contribution in [-0.4, -0.2) is 54.4 Å². The number of hydrogen-bond donors (Lipinski definition) is 1. The maximum Gasteiger partial charge on any atom is 0.222 e. The van der Waals surface area contributed by atoms with Crippen LogP contribution in [0.15, 0.2) is 16.7 Å². The smallest absolute Gasteiger partial charge is 0.222 e. The van der Waals surface area contributed by atoms with Crippen LogP contribution in [0.3, 0.4) is 0 Å². The van der Waals surface area contributed by atoms with Gasteiger partial charge in [-0.25, -0.2) is 4.39 Å². The zero-order valence-electron chi connectivity index (χ0n) is 19.7. The summed E-state index contributed by atoms with van der Waals surface area (Å²) < 4.78 is 24.9. The van der Waals surface area contributed by atoms with Gasteiger partial charge in [-0.1, -0.05) is 16.8 Å². The molecule has 3 heterocycles. The van der Waals surface area contributed by atoms with E-state index < -0.39 is 5.82 Å². The second kappa shape index (κ2) is 10.9. The van der Waals surface area contributed by atoms with Crippen molar-refractivity contribution in [3.63, 3.8) is 0 Å². The normalized spacial score (nSPS) is 26.8. The van der Waals surface area contributed by atoms with E-state index in [1.807, 2.05) is 0 Å². The highest BCUT2D eigenvalue weighted by atomic mass is 35.5. The molecule has 2 aromatic rings. The van der Waals surface area contributed by atoms with E-state index in [2.05, 4.69) is 15.4 Å². The molecule has 1 unspecified atom stereocenters. The van der Waals surface area contributed by atoms with E-state index in [9.17, 15) is 9.18 Å². The molecule has 6 nitrogen and oxygen atoms in total. The van der Waals surface area contributed by atoms with Crippen LogP contribution in [0.25, 0.3) is 11.0 Å². The molecule has 1 aromatic heterocycles. The minimum absolute atomic E-state index is 0.0695. The van der Waals surface area contributed by atoms with Crippen molar-refractivity contribution in [1.29, 1.82) is 0 Å². The van der Waals surface area contributed by atoms with Crippen LogP contribution in [0.5, 0.6) is 0 Å². The molecule has 0 spiro atoms. The molecule has 0 radical (unpaired) electrons. The number of ether oxygens (including phenoxy) is 1. The van der Waals surface area contributed by atoms with Gasteiger partial charge in [-0.3, -0.25) is 4.79 Å². The lowest BCUT2D eigenvalue weighted by atomic mass is 9.83. The molecule has 3 aliphatic rings. The van der Waals surface area contributed by atoms with E-state index in [0.717, 1.165) is 81.8 Å². The fourth-order valence-corrected chi connectivity index (χ4v) is 6.09. The number of amides is 1. The Balaban J connectivity index is 1.01. The van der Waals surface area contributed by atoms with Gasteiger partial charge < -0.3 is 19.5 Å². The van der Waals surface area contributed by atoms with E-state index in [-0.39, 0.29) is 17.0 Å². The Kier molecular flexibility index (Phi) is 7.71. The zero-order chi connectivity index (χ0) is 23.5. The Morgan fingerprint density at radius 3 is 2.68 bits per heavy atom. The van der Waals surface area contributed by atoms with Gasteiger partial charge in [-0.15, -0.1) is 0 Å². The van der Waals surface area contributed by atoms with Gasteiger partial charge in [-0.2, -0.15) is 0 Å². The molecule has 34 heavy (non-hydrogen) atoms. The number of fused-ring (bicyclic) bond motifs is 1. The first-order chi connectivity index (χ1) is 16.5. The molecule has 5 rings (SSSR count). The molecule has 1 N–H and O–H groups in total. The number of halogens is 2. The van der Waals surface area contributed by atoms with Crippen molar-refractivity contribution in [2.24, 2.45) is 5.92 Å². The second-order valence-electron chi connectivity index (χ2n) is 10.4. The summed E-state index contributed by atoms with van der Waals surface area (Å²) in [5, 5.41) is 8.30. The second-order valence-corrected chi connectivity index (χ2v) is 10.8. The lowest BCUT2D eigenvalue weighted by Gasteiger charge is -2.34. The van der Waals surface area contributed by atoms with E-state index in [4.69, 9.17) is 20.9 Å². The van der Waals surface area contributed by atoms with Gasteiger partial charge in [0.25, 0.3) is 0 Å². The Labute approximate surface area is 205 Å². The van der Waals surface area contributed by atoms with Gasteiger partial charge in [0, 0.05) is 30.0 Å². The van der Waals surface area contributed by atoms with Gasteiger partial charge in [0.2, 0.25) is 5.91 Å². The first-order valence-corrected chi connectivity index (χ1v) is 13.3. The Hall–Kier alpha value is -1.70. The molecule has 1 saturated carbocycles. The highest BCUT2D eigenvalue weighted by Crippen LogP contribution is 2.35. The Morgan fingerprint density at radius 1 is 1.15 bits per heavy atom. The summed E-state index contributed by atoms with van der Waals surface area (Å²) in [6.45, 7) is 3.98. The van der Waals surface area contributed by atoms with Crippen LogP contribution in [0.4, 0.5) is 4.39 Å². The minimum atomic E-state index is -0.423. The molecular formula is C26H35ClFN3O3. The molecule has 1 atom stereocenters. The fraction of sp³-hybridized carbons (Fsp3) is 0.692. The van der Waals surface area contributed by atoms with Crippen LogP contribution in [0.2, 0.25) is 5.02 Å². The number of likely N-dealkylation sites (tertiary alicyclic amines) is 1. The van der Waals surface area contributed by atoms with Gasteiger partial charge in [0.1, 0.15) is 5.82 Å². The van der Waals surface area contributed by atoms with Gasteiger partial charge in [0.15, 0.2) is 5.58 Å². The molecule has 3 fully saturated rings. The van der Waals surface area contributed by atoms with Crippen molar-refractivity contribution < 1.29 is 18.4 Å². The van der Waals surface area contributed by atoms with Gasteiger partial charge >= 0.3 is 0 Å². The number of carbonyl (C=O) groups excluding carboxylic acids is 1. The van der Waals surface area contributed by atoms with Crippen LogP contribution in [0.1, 0.15) is 75.8 Å². The van der Waals surface area contributed by atoms with Crippen molar-refractivity contribution >= 4 is 28.5 Å². The molecule has 0 bridgehead atoms. The fourth-order valence-electron chi connectivity index (χ4n) is 5.94. The molecule has 1 aromatic carbocycles. The Bertz CT molecular complexity index is 977.